The number of ketones is 2. The second kappa shape index (κ2) is 6.64. The number of fused-ring (bicyclic) bond motifs is 3. The number of carbonyl (C=O) groups excluding carboxylic acids is 3. The molecule has 10 nitrogen and oxygen atoms in total. The van der Waals surface area contributed by atoms with E-state index in [1.165, 1.54) is 44.1 Å². The molecule has 0 aromatic heterocycles. The van der Waals surface area contributed by atoms with Gasteiger partial charge < -0.3 is 31.3 Å². The van der Waals surface area contributed by atoms with Crippen LogP contribution < -0.4 is 5.73 Å². The average molecular weight is 444 g/mol. The minimum absolute atomic E-state index is 0.170. The molecule has 1 fully saturated rings. The molecule has 170 valence electrons. The molecule has 0 radical (unpaired) electrons. The molecule has 3 aliphatic carbocycles. The average Bonchev–Trinajstić information content (AvgIpc) is 2.68. The van der Waals surface area contributed by atoms with E-state index in [9.17, 15) is 39.9 Å². The Morgan fingerprint density at radius 2 is 1.78 bits per heavy atom. The maximum atomic E-state index is 13.7. The molecule has 0 saturated heterocycles. The molecule has 4 rings (SSSR count). The van der Waals surface area contributed by atoms with Crippen LogP contribution in [-0.2, 0) is 20.0 Å². The number of Topliss-reactive ketones (excluding diaryl/α,β-unsaturated/α-hetero) is 2. The molecule has 1 aromatic rings. The molecular formula is C22H24N2O8. The fraction of sp³-hybridized carbons (Fsp3) is 0.409. The Morgan fingerprint density at radius 3 is 2.34 bits per heavy atom. The second-order valence-corrected chi connectivity index (χ2v) is 8.96. The predicted molar refractivity (Wildman–Crippen MR) is 110 cm³/mol. The number of likely N-dealkylation sites (N-methyl/N-ethyl adjacent to an activating group) is 1. The van der Waals surface area contributed by atoms with E-state index < -0.39 is 75.0 Å². The lowest BCUT2D eigenvalue weighted by Crippen LogP contribution is -2.67. The highest BCUT2D eigenvalue weighted by atomic mass is 16.3. The standard InChI is InChI=1S/C22H24N2O8/c1-21(31)8-5-4-6-11(25)12(8)16(26)13-9(21)7-10-15(24(2)3)17(27)14(20(23)30)19(29)22(10,32)18(13)28/h4-6,9-10,15,25-26,29,31-32H,7H2,1-3H3,(H2,23,30)/t9?,10?,15?,21?,22-/m0/s1. The van der Waals surface area contributed by atoms with Crippen LogP contribution in [0.3, 0.4) is 0 Å². The molecule has 0 heterocycles. The Hall–Kier alpha value is -3.21. The Bertz CT molecular complexity index is 1150. The monoisotopic (exact) mass is 444 g/mol. The van der Waals surface area contributed by atoms with Crippen LogP contribution in [0, 0.1) is 11.8 Å². The van der Waals surface area contributed by atoms with Crippen molar-refractivity contribution in [3.63, 3.8) is 0 Å². The zero-order chi connectivity index (χ0) is 23.9. The third kappa shape index (κ3) is 2.48. The van der Waals surface area contributed by atoms with Crippen LogP contribution in [-0.4, -0.2) is 73.6 Å². The van der Waals surface area contributed by atoms with E-state index in [1.807, 2.05) is 0 Å². The SMILES string of the molecule is CN(C)C1C(=O)C(C(N)=O)=C(O)[C@@]2(O)C(=O)C3=C(O)c4c(O)cccc4C(C)(O)C3CC12. The smallest absolute Gasteiger partial charge is 0.255 e. The van der Waals surface area contributed by atoms with Gasteiger partial charge in [0.25, 0.3) is 5.91 Å². The molecule has 0 spiro atoms. The van der Waals surface area contributed by atoms with E-state index in [0.717, 1.165) is 0 Å². The molecule has 1 saturated carbocycles. The number of aromatic hydroxyl groups is 1. The number of nitrogens with two attached hydrogens (primary N) is 1. The molecule has 4 unspecified atom stereocenters. The van der Waals surface area contributed by atoms with Crippen molar-refractivity contribution in [2.45, 2.75) is 30.6 Å². The van der Waals surface area contributed by atoms with Crippen LogP contribution in [0.5, 0.6) is 5.75 Å². The number of rotatable bonds is 2. The number of phenolic OH excluding ortho intramolecular Hbond substituents is 1. The Kier molecular flexibility index (Phi) is 4.57. The van der Waals surface area contributed by atoms with Crippen LogP contribution in [0.1, 0.15) is 24.5 Å². The lowest BCUT2D eigenvalue weighted by molar-refractivity contribution is -0.159. The number of aliphatic hydroxyl groups excluding tert-OH is 2. The second-order valence-electron chi connectivity index (χ2n) is 8.96. The highest BCUT2D eigenvalue weighted by Gasteiger charge is 2.66. The first-order chi connectivity index (χ1) is 14.8. The van der Waals surface area contributed by atoms with E-state index in [4.69, 9.17) is 5.73 Å². The van der Waals surface area contributed by atoms with Crippen LogP contribution in [0.2, 0.25) is 0 Å². The van der Waals surface area contributed by atoms with Gasteiger partial charge in [-0.05, 0) is 39.1 Å². The van der Waals surface area contributed by atoms with E-state index >= 15 is 0 Å². The molecule has 1 aromatic carbocycles. The van der Waals surface area contributed by atoms with Crippen molar-refractivity contribution in [1.82, 2.24) is 4.90 Å². The zero-order valence-electron chi connectivity index (χ0n) is 17.7. The van der Waals surface area contributed by atoms with Crippen LogP contribution in [0.4, 0.5) is 0 Å². The quantitative estimate of drug-likeness (QED) is 0.332. The summed E-state index contributed by atoms with van der Waals surface area (Å²) >= 11 is 0. The summed E-state index contributed by atoms with van der Waals surface area (Å²) < 4.78 is 0. The summed E-state index contributed by atoms with van der Waals surface area (Å²) in [6.45, 7) is 1.40. The van der Waals surface area contributed by atoms with E-state index in [-0.39, 0.29) is 17.5 Å². The molecule has 0 aliphatic heterocycles. The topological polar surface area (TPSA) is 182 Å². The molecule has 3 aliphatic rings. The van der Waals surface area contributed by atoms with Gasteiger partial charge in [0.1, 0.15) is 22.8 Å². The third-order valence-electron chi connectivity index (χ3n) is 7.02. The van der Waals surface area contributed by atoms with Crippen molar-refractivity contribution < 1.29 is 39.9 Å². The van der Waals surface area contributed by atoms with Gasteiger partial charge in [-0.1, -0.05) is 12.1 Å². The minimum atomic E-state index is -2.75. The van der Waals surface area contributed by atoms with Crippen molar-refractivity contribution in [2.24, 2.45) is 17.6 Å². The summed E-state index contributed by atoms with van der Waals surface area (Å²) in [4.78, 5) is 40.0. The summed E-state index contributed by atoms with van der Waals surface area (Å²) in [7, 11) is 3.01. The fourth-order valence-electron chi connectivity index (χ4n) is 5.50. The summed E-state index contributed by atoms with van der Waals surface area (Å²) in [5.74, 6) is -7.90. The highest BCUT2D eigenvalue weighted by molar-refractivity contribution is 6.24. The number of hydrogen-bond acceptors (Lipinski definition) is 9. The molecule has 32 heavy (non-hydrogen) atoms. The number of benzene rings is 1. The number of amides is 1. The van der Waals surface area contributed by atoms with Crippen LogP contribution >= 0.6 is 0 Å². The van der Waals surface area contributed by atoms with Gasteiger partial charge in [-0.2, -0.15) is 0 Å². The van der Waals surface area contributed by atoms with Gasteiger partial charge in [-0.25, -0.2) is 0 Å². The van der Waals surface area contributed by atoms with Crippen molar-refractivity contribution in [3.05, 3.63) is 46.2 Å². The largest absolute Gasteiger partial charge is 0.508 e. The number of hydrogen-bond donors (Lipinski definition) is 6. The summed E-state index contributed by atoms with van der Waals surface area (Å²) in [5, 5.41) is 54.9. The zero-order valence-corrected chi connectivity index (χ0v) is 17.7. The molecule has 0 bridgehead atoms. The summed E-state index contributed by atoms with van der Waals surface area (Å²) in [6.07, 6.45) is -0.200. The van der Waals surface area contributed by atoms with Crippen molar-refractivity contribution in [2.75, 3.05) is 14.1 Å². The summed E-state index contributed by atoms with van der Waals surface area (Å²) in [5.41, 5.74) is -0.548. The number of phenols is 1. The lowest BCUT2D eigenvalue weighted by atomic mass is 9.54. The maximum Gasteiger partial charge on any atom is 0.255 e. The van der Waals surface area contributed by atoms with E-state index in [2.05, 4.69) is 0 Å². The Balaban J connectivity index is 2.05. The van der Waals surface area contributed by atoms with Gasteiger partial charge in [0, 0.05) is 17.4 Å². The van der Waals surface area contributed by atoms with Gasteiger partial charge in [-0.3, -0.25) is 19.3 Å². The molecule has 10 heteroatoms. The first-order valence-electron chi connectivity index (χ1n) is 9.97. The van der Waals surface area contributed by atoms with Crippen LogP contribution in [0.15, 0.2) is 35.1 Å². The lowest BCUT2D eigenvalue weighted by Gasteiger charge is -2.53. The van der Waals surface area contributed by atoms with Gasteiger partial charge in [0.2, 0.25) is 5.78 Å². The molecule has 5 atom stereocenters. The van der Waals surface area contributed by atoms with Crippen LogP contribution in [0.25, 0.3) is 5.76 Å². The van der Waals surface area contributed by atoms with Gasteiger partial charge in [0.05, 0.1) is 17.2 Å². The van der Waals surface area contributed by atoms with Crippen molar-refractivity contribution in [1.29, 1.82) is 0 Å². The highest BCUT2D eigenvalue weighted by Crippen LogP contribution is 2.57. The third-order valence-corrected chi connectivity index (χ3v) is 7.02. The fourth-order valence-corrected chi connectivity index (χ4v) is 5.50. The maximum absolute atomic E-state index is 13.7. The Labute approximate surface area is 182 Å². The Morgan fingerprint density at radius 1 is 1.16 bits per heavy atom. The summed E-state index contributed by atoms with van der Waals surface area (Å²) in [6, 6.07) is 3.02. The van der Waals surface area contributed by atoms with Gasteiger partial charge in [0.15, 0.2) is 11.4 Å². The first-order valence-corrected chi connectivity index (χ1v) is 9.97. The van der Waals surface area contributed by atoms with Crippen molar-refractivity contribution in [3.8, 4) is 5.75 Å². The molecular weight excluding hydrogens is 420 g/mol. The van der Waals surface area contributed by atoms with E-state index in [0.29, 0.717) is 0 Å². The molecule has 1 amide bonds. The number of aliphatic hydroxyl groups is 4. The first kappa shape index (κ1) is 22.0. The van der Waals surface area contributed by atoms with Crippen molar-refractivity contribution >= 4 is 23.2 Å². The minimum Gasteiger partial charge on any atom is -0.508 e. The molecule has 7 N–H and O–H groups in total. The number of primary amides is 1. The predicted octanol–water partition coefficient (Wildman–Crippen LogP) is -0.371. The normalized spacial score (nSPS) is 34.4. The number of nitrogens with zero attached hydrogens (tertiary/aromatic N) is 1. The van der Waals surface area contributed by atoms with Gasteiger partial charge in [-0.15, -0.1) is 0 Å². The van der Waals surface area contributed by atoms with Gasteiger partial charge >= 0.3 is 0 Å². The number of carbonyl (C=O) groups is 3. The van der Waals surface area contributed by atoms with E-state index in [1.54, 1.807) is 0 Å².